The highest BCUT2D eigenvalue weighted by Crippen LogP contribution is 2.27. The number of thioether (sulfide) groups is 1. The number of nitrogens with zero attached hydrogens (tertiary/aromatic N) is 5. The van der Waals surface area contributed by atoms with Crippen LogP contribution in [-0.2, 0) is 5.75 Å². The molecule has 4 rings (SSSR count). The van der Waals surface area contributed by atoms with E-state index < -0.39 is 0 Å². The van der Waals surface area contributed by atoms with E-state index in [1.165, 1.54) is 11.8 Å². The Bertz CT molecular complexity index is 985. The Hall–Kier alpha value is -2.64. The number of halogens is 1. The van der Waals surface area contributed by atoms with Crippen molar-refractivity contribution in [1.82, 2.24) is 24.9 Å². The first-order chi connectivity index (χ1) is 12.3. The zero-order chi connectivity index (χ0) is 17.1. The highest BCUT2D eigenvalue weighted by molar-refractivity contribution is 7.98. The van der Waals surface area contributed by atoms with Gasteiger partial charge in [-0.3, -0.25) is 0 Å². The number of hydrogen-bond donors (Lipinski definition) is 0. The second-order valence-corrected chi connectivity index (χ2v) is 6.44. The van der Waals surface area contributed by atoms with Crippen LogP contribution in [0.1, 0.15) is 5.82 Å². The highest BCUT2D eigenvalue weighted by Gasteiger charge is 2.13. The Morgan fingerprint density at radius 3 is 2.68 bits per heavy atom. The summed E-state index contributed by atoms with van der Waals surface area (Å²) in [7, 11) is 0. The molecule has 0 fully saturated rings. The van der Waals surface area contributed by atoms with Crippen LogP contribution in [0.2, 0.25) is 5.02 Å². The molecule has 0 aliphatic rings. The maximum absolute atomic E-state index is 6.15. The Kier molecular flexibility index (Phi) is 4.49. The quantitative estimate of drug-likeness (QED) is 0.489. The van der Waals surface area contributed by atoms with Crippen LogP contribution in [0.25, 0.3) is 17.1 Å². The normalized spacial score (nSPS) is 10.9. The van der Waals surface area contributed by atoms with E-state index in [0.717, 1.165) is 11.3 Å². The van der Waals surface area contributed by atoms with Crippen LogP contribution < -0.4 is 0 Å². The predicted molar refractivity (Wildman–Crippen MR) is 95.7 cm³/mol. The SMILES string of the molecule is Clc1ccccc1-c1nc(CSc2ncn(-c3ccccc3)n2)no1. The Morgan fingerprint density at radius 2 is 1.84 bits per heavy atom. The minimum atomic E-state index is 0.406. The fourth-order valence-electron chi connectivity index (χ4n) is 2.20. The zero-order valence-electron chi connectivity index (χ0n) is 12.9. The molecule has 0 atom stereocenters. The molecule has 0 spiro atoms. The minimum Gasteiger partial charge on any atom is -0.334 e. The van der Waals surface area contributed by atoms with E-state index in [0.29, 0.717) is 27.6 Å². The number of hydrogen-bond acceptors (Lipinski definition) is 6. The van der Waals surface area contributed by atoms with Crippen molar-refractivity contribution in [1.29, 1.82) is 0 Å². The molecule has 4 aromatic rings. The average molecular weight is 370 g/mol. The van der Waals surface area contributed by atoms with Gasteiger partial charge in [0, 0.05) is 0 Å². The molecule has 0 aliphatic heterocycles. The summed E-state index contributed by atoms with van der Waals surface area (Å²) in [4.78, 5) is 8.67. The van der Waals surface area contributed by atoms with Crippen LogP contribution in [-0.4, -0.2) is 24.9 Å². The van der Waals surface area contributed by atoms with Gasteiger partial charge >= 0.3 is 0 Å². The lowest BCUT2D eigenvalue weighted by Gasteiger charge is -1.97. The summed E-state index contributed by atoms with van der Waals surface area (Å²) in [6.45, 7) is 0. The molecule has 2 heterocycles. The summed E-state index contributed by atoms with van der Waals surface area (Å²) in [5.74, 6) is 1.48. The molecule has 0 saturated carbocycles. The number of rotatable bonds is 5. The van der Waals surface area contributed by atoms with Crippen LogP contribution in [0.5, 0.6) is 0 Å². The summed E-state index contributed by atoms with van der Waals surface area (Å²) < 4.78 is 7.02. The molecule has 0 bridgehead atoms. The second kappa shape index (κ2) is 7.08. The van der Waals surface area contributed by atoms with E-state index in [1.54, 1.807) is 17.1 Å². The van der Waals surface area contributed by atoms with Gasteiger partial charge in [0.05, 0.1) is 22.0 Å². The molecule has 0 aliphatic carbocycles. The van der Waals surface area contributed by atoms with Gasteiger partial charge in [-0.05, 0) is 24.3 Å². The number of para-hydroxylation sites is 1. The number of benzene rings is 2. The topological polar surface area (TPSA) is 69.6 Å². The molecular formula is C17H12ClN5OS. The molecule has 0 amide bonds. The lowest BCUT2D eigenvalue weighted by atomic mass is 10.2. The van der Waals surface area contributed by atoms with Crippen molar-refractivity contribution in [3.8, 4) is 17.1 Å². The van der Waals surface area contributed by atoms with Gasteiger partial charge < -0.3 is 4.52 Å². The molecule has 2 aromatic heterocycles. The van der Waals surface area contributed by atoms with Crippen LogP contribution in [0.4, 0.5) is 0 Å². The van der Waals surface area contributed by atoms with E-state index in [2.05, 4.69) is 20.2 Å². The van der Waals surface area contributed by atoms with Crippen molar-refractivity contribution in [2.75, 3.05) is 0 Å². The maximum Gasteiger partial charge on any atom is 0.259 e. The fourth-order valence-corrected chi connectivity index (χ4v) is 3.06. The van der Waals surface area contributed by atoms with Crippen molar-refractivity contribution >= 4 is 23.4 Å². The molecule has 8 heteroatoms. The lowest BCUT2D eigenvalue weighted by Crippen LogP contribution is -1.93. The molecule has 6 nitrogen and oxygen atoms in total. The monoisotopic (exact) mass is 369 g/mol. The van der Waals surface area contributed by atoms with Crippen molar-refractivity contribution in [2.45, 2.75) is 10.9 Å². The molecular weight excluding hydrogens is 358 g/mol. The summed E-state index contributed by atoms with van der Waals surface area (Å²) in [5, 5.41) is 9.65. The molecule has 0 saturated heterocycles. The Labute approximate surface area is 152 Å². The minimum absolute atomic E-state index is 0.406. The van der Waals surface area contributed by atoms with Crippen molar-refractivity contribution in [3.63, 3.8) is 0 Å². The van der Waals surface area contributed by atoms with Gasteiger partial charge in [0.1, 0.15) is 6.33 Å². The molecule has 0 unspecified atom stereocenters. The van der Waals surface area contributed by atoms with Gasteiger partial charge in [-0.25, -0.2) is 9.67 Å². The summed E-state index contributed by atoms with van der Waals surface area (Å²) in [6.07, 6.45) is 1.68. The van der Waals surface area contributed by atoms with Gasteiger partial charge in [-0.2, -0.15) is 4.98 Å². The molecule has 2 aromatic carbocycles. The zero-order valence-corrected chi connectivity index (χ0v) is 14.5. The van der Waals surface area contributed by atoms with Crippen LogP contribution in [0, 0.1) is 0 Å². The molecule has 0 radical (unpaired) electrons. The Morgan fingerprint density at radius 1 is 1.04 bits per heavy atom. The third-order valence-electron chi connectivity index (χ3n) is 3.39. The van der Waals surface area contributed by atoms with E-state index >= 15 is 0 Å². The smallest absolute Gasteiger partial charge is 0.259 e. The van der Waals surface area contributed by atoms with Gasteiger partial charge in [0.15, 0.2) is 5.82 Å². The number of aromatic nitrogens is 5. The largest absolute Gasteiger partial charge is 0.334 e. The third kappa shape index (κ3) is 3.57. The van der Waals surface area contributed by atoms with E-state index in [-0.39, 0.29) is 0 Å². The lowest BCUT2D eigenvalue weighted by molar-refractivity contribution is 0.425. The van der Waals surface area contributed by atoms with E-state index in [9.17, 15) is 0 Å². The van der Waals surface area contributed by atoms with Gasteiger partial charge in [0.2, 0.25) is 5.16 Å². The average Bonchev–Trinajstić information content (AvgIpc) is 3.31. The van der Waals surface area contributed by atoms with Crippen LogP contribution in [0.3, 0.4) is 0 Å². The summed E-state index contributed by atoms with van der Waals surface area (Å²) in [6, 6.07) is 17.2. The predicted octanol–water partition coefficient (Wildman–Crippen LogP) is 4.26. The first-order valence-corrected chi connectivity index (χ1v) is 8.83. The summed E-state index contributed by atoms with van der Waals surface area (Å²) >= 11 is 7.59. The van der Waals surface area contributed by atoms with Crippen molar-refractivity contribution in [2.24, 2.45) is 0 Å². The van der Waals surface area contributed by atoms with Gasteiger partial charge in [-0.1, -0.05) is 58.9 Å². The highest BCUT2D eigenvalue weighted by atomic mass is 35.5. The molecule has 124 valence electrons. The maximum atomic E-state index is 6.15. The fraction of sp³-hybridized carbons (Fsp3) is 0.0588. The van der Waals surface area contributed by atoms with Crippen molar-refractivity contribution in [3.05, 3.63) is 71.8 Å². The Balaban J connectivity index is 1.44. The standard InChI is InChI=1S/C17H12ClN5OS/c18-14-9-5-4-8-13(14)16-20-15(22-24-16)10-25-17-19-11-23(21-17)12-6-2-1-3-7-12/h1-9,11H,10H2. The van der Waals surface area contributed by atoms with Crippen LogP contribution in [0.15, 0.2) is 70.6 Å². The van der Waals surface area contributed by atoms with Gasteiger partial charge in [-0.15, -0.1) is 5.10 Å². The molecule has 0 N–H and O–H groups in total. The summed E-state index contributed by atoms with van der Waals surface area (Å²) in [5.41, 5.74) is 1.68. The van der Waals surface area contributed by atoms with E-state index in [1.807, 2.05) is 48.5 Å². The third-order valence-corrected chi connectivity index (χ3v) is 4.57. The second-order valence-electron chi connectivity index (χ2n) is 5.09. The van der Waals surface area contributed by atoms with Gasteiger partial charge in [0.25, 0.3) is 5.89 Å². The molecule has 25 heavy (non-hydrogen) atoms. The van der Waals surface area contributed by atoms with Crippen LogP contribution >= 0.6 is 23.4 Å². The first-order valence-electron chi connectivity index (χ1n) is 7.47. The van der Waals surface area contributed by atoms with E-state index in [4.69, 9.17) is 16.1 Å². The van der Waals surface area contributed by atoms with Crippen molar-refractivity contribution < 1.29 is 4.52 Å². The first kappa shape index (κ1) is 15.9.